The fraction of sp³-hybridized carbons (Fsp3) is 0.100. The van der Waals surface area contributed by atoms with Crippen molar-refractivity contribution in [2.75, 3.05) is 0 Å². The summed E-state index contributed by atoms with van der Waals surface area (Å²) in [6.07, 6.45) is 0. The van der Waals surface area contributed by atoms with E-state index in [1.165, 1.54) is 10.8 Å². The molecule has 0 aliphatic rings. The summed E-state index contributed by atoms with van der Waals surface area (Å²) in [6, 6.07) is 80.8. The summed E-state index contributed by atoms with van der Waals surface area (Å²) in [5, 5.41) is 7.29. The lowest BCUT2D eigenvalue weighted by Crippen LogP contribution is -2.27. The van der Waals surface area contributed by atoms with Gasteiger partial charge in [-0.2, -0.15) is 0 Å². The highest BCUT2D eigenvalue weighted by Crippen LogP contribution is 2.46. The third-order valence-electron chi connectivity index (χ3n) is 13.6. The molecule has 0 bridgehead atoms. The van der Waals surface area contributed by atoms with Crippen LogP contribution in [-0.2, 0) is 20.0 Å². The molecule has 0 saturated carbocycles. The van der Waals surface area contributed by atoms with Gasteiger partial charge in [0.25, 0.3) is 0 Å². The van der Waals surface area contributed by atoms with Gasteiger partial charge in [0, 0.05) is 59.1 Å². The Kier molecular flexibility index (Phi) is 10.8. The number of para-hydroxylation sites is 1. The molecule has 0 aliphatic carbocycles. The summed E-state index contributed by atoms with van der Waals surface area (Å²) in [7, 11) is -6.34. The van der Waals surface area contributed by atoms with Gasteiger partial charge in [-0.25, -0.2) is 0 Å². The van der Waals surface area contributed by atoms with E-state index in [-0.39, 0.29) is 0 Å². The maximum Gasteiger partial charge on any atom is 0.171 e. The van der Waals surface area contributed by atoms with Crippen LogP contribution in [0.3, 0.4) is 0 Å². The molecule has 0 unspecified atom stereocenters. The molecule has 318 valence electrons. The second-order valence-electron chi connectivity index (χ2n) is 18.0. The molecule has 0 saturated heterocycles. The van der Waals surface area contributed by atoms with Crippen molar-refractivity contribution >= 4 is 67.9 Å². The van der Waals surface area contributed by atoms with Gasteiger partial charge in [-0.1, -0.05) is 228 Å². The Morgan fingerprint density at radius 3 is 0.938 bits per heavy atom. The van der Waals surface area contributed by atoms with Gasteiger partial charge in [0.1, 0.15) is 0 Å². The number of hydrogen-bond acceptors (Lipinski definition) is 2. The van der Waals surface area contributed by atoms with Crippen LogP contribution in [0.4, 0.5) is 0 Å². The maximum atomic E-state index is 15.5. The molecule has 0 atom stereocenters. The quantitative estimate of drug-likeness (QED) is 0.121. The Morgan fingerprint density at radius 1 is 0.308 bits per heavy atom. The van der Waals surface area contributed by atoms with Crippen LogP contribution in [0.15, 0.2) is 237 Å². The highest BCUT2D eigenvalue weighted by atomic mass is 31.2. The van der Waals surface area contributed by atoms with E-state index in [2.05, 4.69) is 135 Å². The normalized spacial score (nSPS) is 12.4. The van der Waals surface area contributed by atoms with Crippen molar-refractivity contribution < 1.29 is 9.13 Å². The minimum atomic E-state index is -3.17. The highest BCUT2D eigenvalue weighted by Gasteiger charge is 2.34. The molecule has 1 aromatic heterocycles. The lowest BCUT2D eigenvalue weighted by atomic mass is 9.77. The maximum absolute atomic E-state index is 15.5. The summed E-state index contributed by atoms with van der Waals surface area (Å²) in [4.78, 5) is 0. The van der Waals surface area contributed by atoms with E-state index in [1.54, 1.807) is 0 Å². The van der Waals surface area contributed by atoms with E-state index >= 15 is 9.13 Å². The topological polar surface area (TPSA) is 39.1 Å². The van der Waals surface area contributed by atoms with Gasteiger partial charge in [0.15, 0.2) is 14.3 Å². The second kappa shape index (κ2) is 16.7. The standard InChI is InChI=1S/C60H51NO2P2/c1-59(2,44-22-20-34-53(40-44)64(62,49-26-12-6-13-27-49)50-28-14-7-15-29-50)46-36-38-55-56-39-37-47(43-58(56)61(57(55)42-46)48-24-10-5-11-25-48)60(3,4)45-23-21-35-54(41-45)65(63,51-30-16-8-17-31-51)52-32-18-9-19-33-52/h5-43H,1-4H3. The zero-order chi connectivity index (χ0) is 44.8. The minimum absolute atomic E-state index is 0.433. The molecular formula is C60H51NO2P2. The first kappa shape index (κ1) is 42.2. The van der Waals surface area contributed by atoms with E-state index in [1.807, 2.05) is 133 Å². The zero-order valence-corrected chi connectivity index (χ0v) is 39.0. The zero-order valence-electron chi connectivity index (χ0n) is 37.2. The fourth-order valence-corrected chi connectivity index (χ4v) is 15.0. The van der Waals surface area contributed by atoms with Gasteiger partial charge in [0.2, 0.25) is 0 Å². The lowest BCUT2D eigenvalue weighted by molar-refractivity contribution is 0.591. The second-order valence-corrected chi connectivity index (χ2v) is 23.6. The molecule has 3 nitrogen and oxygen atoms in total. The lowest BCUT2D eigenvalue weighted by Gasteiger charge is -2.28. The summed E-state index contributed by atoms with van der Waals surface area (Å²) in [6.45, 7) is 9.06. The molecule has 0 N–H and O–H groups in total. The van der Waals surface area contributed by atoms with Gasteiger partial charge >= 0.3 is 0 Å². The average Bonchev–Trinajstić information content (AvgIpc) is 3.70. The number of aromatic nitrogens is 1. The average molecular weight is 880 g/mol. The molecule has 0 radical (unpaired) electrons. The van der Waals surface area contributed by atoms with Gasteiger partial charge in [-0.15, -0.1) is 0 Å². The first-order valence-electron chi connectivity index (χ1n) is 22.3. The predicted molar refractivity (Wildman–Crippen MR) is 277 cm³/mol. The van der Waals surface area contributed by atoms with E-state index in [4.69, 9.17) is 0 Å². The van der Waals surface area contributed by atoms with Crippen molar-refractivity contribution in [2.24, 2.45) is 0 Å². The van der Waals surface area contributed by atoms with Gasteiger partial charge in [-0.3, -0.25) is 0 Å². The number of fused-ring (bicyclic) bond motifs is 3. The molecule has 0 fully saturated rings. The molecule has 0 amide bonds. The molecule has 10 rings (SSSR count). The molecule has 9 aromatic carbocycles. The van der Waals surface area contributed by atoms with Crippen molar-refractivity contribution in [3.8, 4) is 5.69 Å². The number of hydrogen-bond donors (Lipinski definition) is 0. The Morgan fingerprint density at radius 2 is 0.600 bits per heavy atom. The van der Waals surface area contributed by atoms with Crippen molar-refractivity contribution in [2.45, 2.75) is 38.5 Å². The van der Waals surface area contributed by atoms with Crippen LogP contribution in [0.2, 0.25) is 0 Å². The van der Waals surface area contributed by atoms with E-state index < -0.39 is 25.1 Å². The van der Waals surface area contributed by atoms with Crippen LogP contribution in [0.25, 0.3) is 27.5 Å². The Bertz CT molecular complexity index is 3120. The molecule has 65 heavy (non-hydrogen) atoms. The Labute approximate surface area is 382 Å². The van der Waals surface area contributed by atoms with Crippen LogP contribution in [-0.4, -0.2) is 4.57 Å². The van der Waals surface area contributed by atoms with Crippen LogP contribution < -0.4 is 31.8 Å². The first-order chi connectivity index (χ1) is 31.5. The SMILES string of the molecule is CC(C)(c1cccc(P(=O)(c2ccccc2)c2ccccc2)c1)c1ccc2c3ccc(C(C)(C)c4cccc(P(=O)(c5ccccc5)c5ccccc5)c4)cc3n(-c3ccccc3)c2c1. The predicted octanol–water partition coefficient (Wildman–Crippen LogP) is 12.7. The largest absolute Gasteiger partial charge is 0.309 e. The van der Waals surface area contributed by atoms with Crippen molar-refractivity contribution in [1.29, 1.82) is 0 Å². The molecule has 10 aromatic rings. The van der Waals surface area contributed by atoms with E-state index in [0.29, 0.717) is 0 Å². The molecule has 0 aliphatic heterocycles. The highest BCUT2D eigenvalue weighted by molar-refractivity contribution is 7.85. The molecule has 5 heteroatoms. The molecule has 1 heterocycles. The van der Waals surface area contributed by atoms with Crippen LogP contribution in [0.5, 0.6) is 0 Å². The van der Waals surface area contributed by atoms with Crippen LogP contribution in [0, 0.1) is 0 Å². The van der Waals surface area contributed by atoms with Crippen molar-refractivity contribution in [1.82, 2.24) is 4.57 Å². The molecular weight excluding hydrogens is 829 g/mol. The Balaban J connectivity index is 1.09. The number of benzene rings is 9. The fourth-order valence-electron chi connectivity index (χ4n) is 9.61. The van der Waals surface area contributed by atoms with Gasteiger partial charge in [-0.05, 0) is 58.7 Å². The van der Waals surface area contributed by atoms with Crippen LogP contribution >= 0.6 is 14.3 Å². The summed E-state index contributed by atoms with van der Waals surface area (Å²) < 4.78 is 33.3. The van der Waals surface area contributed by atoms with E-state index in [9.17, 15) is 0 Å². The van der Waals surface area contributed by atoms with Gasteiger partial charge < -0.3 is 13.7 Å². The number of nitrogens with zero attached hydrogens (tertiary/aromatic N) is 1. The van der Waals surface area contributed by atoms with Gasteiger partial charge in [0.05, 0.1) is 11.0 Å². The minimum Gasteiger partial charge on any atom is -0.309 e. The van der Waals surface area contributed by atoms with E-state index in [0.717, 1.165) is 70.8 Å². The third-order valence-corrected chi connectivity index (χ3v) is 19.7. The van der Waals surface area contributed by atoms with Crippen molar-refractivity contribution in [3.05, 3.63) is 259 Å². The first-order valence-corrected chi connectivity index (χ1v) is 25.7. The summed E-state index contributed by atoms with van der Waals surface area (Å²) in [5.74, 6) is 0. The molecule has 0 spiro atoms. The van der Waals surface area contributed by atoms with Crippen LogP contribution in [0.1, 0.15) is 49.9 Å². The summed E-state index contributed by atoms with van der Waals surface area (Å²) >= 11 is 0. The third kappa shape index (κ3) is 7.25. The monoisotopic (exact) mass is 879 g/mol. The smallest absolute Gasteiger partial charge is 0.171 e. The van der Waals surface area contributed by atoms with Crippen molar-refractivity contribution in [3.63, 3.8) is 0 Å². The summed E-state index contributed by atoms with van der Waals surface area (Å²) in [5.41, 5.74) is 6.98. The Hall–Kier alpha value is -6.76. The number of rotatable bonds is 11.